The first-order valence-electron chi connectivity index (χ1n) is 6.77. The van der Waals surface area contributed by atoms with Crippen LogP contribution >= 0.6 is 0 Å². The van der Waals surface area contributed by atoms with E-state index in [0.29, 0.717) is 25.1 Å². The monoisotopic (exact) mass is 288 g/mol. The van der Waals surface area contributed by atoms with E-state index in [0.717, 1.165) is 11.8 Å². The van der Waals surface area contributed by atoms with Crippen LogP contribution in [0, 0.1) is 11.6 Å². The number of nitrogens with one attached hydrogen (secondary N) is 1. The fourth-order valence-corrected chi connectivity index (χ4v) is 2.49. The SMILES string of the molecule is O=C1CCCN(c2ccccc2)c2c(ccc(F)c2F)N1. The van der Waals surface area contributed by atoms with Crippen molar-refractivity contribution in [3.8, 4) is 0 Å². The normalized spacial score (nSPS) is 15.0. The quantitative estimate of drug-likeness (QED) is 0.864. The number of nitrogens with zero attached hydrogens (tertiary/aromatic N) is 1. The Hall–Kier alpha value is -2.43. The molecule has 21 heavy (non-hydrogen) atoms. The fraction of sp³-hybridized carbons (Fsp3) is 0.188. The number of carbonyl (C=O) groups is 1. The molecular formula is C16H14F2N2O. The predicted octanol–water partition coefficient (Wildman–Crippen LogP) is 3.84. The molecule has 1 heterocycles. The Balaban J connectivity index is 2.17. The topological polar surface area (TPSA) is 32.3 Å². The van der Waals surface area contributed by atoms with Crippen molar-refractivity contribution in [3.63, 3.8) is 0 Å². The number of amides is 1. The molecule has 0 saturated heterocycles. The molecule has 1 amide bonds. The lowest BCUT2D eigenvalue weighted by Gasteiger charge is -2.29. The molecule has 2 aromatic rings. The minimum absolute atomic E-state index is 0.0780. The highest BCUT2D eigenvalue weighted by Crippen LogP contribution is 2.37. The van der Waals surface area contributed by atoms with Crippen LogP contribution in [-0.2, 0) is 4.79 Å². The largest absolute Gasteiger partial charge is 0.337 e. The van der Waals surface area contributed by atoms with E-state index in [4.69, 9.17) is 0 Å². The van der Waals surface area contributed by atoms with E-state index in [1.165, 1.54) is 6.07 Å². The van der Waals surface area contributed by atoms with Crippen molar-refractivity contribution in [2.24, 2.45) is 0 Å². The van der Waals surface area contributed by atoms with E-state index < -0.39 is 11.6 Å². The van der Waals surface area contributed by atoms with Gasteiger partial charge in [-0.3, -0.25) is 4.79 Å². The number of rotatable bonds is 1. The maximum atomic E-state index is 14.3. The van der Waals surface area contributed by atoms with E-state index in [1.54, 1.807) is 4.90 Å². The smallest absolute Gasteiger partial charge is 0.224 e. The minimum Gasteiger partial charge on any atom is -0.337 e. The van der Waals surface area contributed by atoms with Crippen molar-refractivity contribution in [1.29, 1.82) is 0 Å². The van der Waals surface area contributed by atoms with E-state index in [1.807, 2.05) is 30.3 Å². The van der Waals surface area contributed by atoms with Crippen molar-refractivity contribution < 1.29 is 13.6 Å². The molecule has 3 rings (SSSR count). The highest BCUT2D eigenvalue weighted by molar-refractivity contribution is 5.96. The molecule has 0 spiro atoms. The third-order valence-corrected chi connectivity index (χ3v) is 3.47. The van der Waals surface area contributed by atoms with Crippen molar-refractivity contribution >= 4 is 23.0 Å². The molecule has 0 atom stereocenters. The first kappa shape index (κ1) is 13.5. The maximum absolute atomic E-state index is 14.3. The lowest BCUT2D eigenvalue weighted by atomic mass is 10.1. The van der Waals surface area contributed by atoms with Gasteiger partial charge in [-0.2, -0.15) is 0 Å². The molecule has 0 saturated carbocycles. The van der Waals surface area contributed by atoms with Crippen LogP contribution in [0.1, 0.15) is 12.8 Å². The van der Waals surface area contributed by atoms with E-state index in [-0.39, 0.29) is 11.6 Å². The molecule has 1 N–H and O–H groups in total. The number of hydrogen-bond donors (Lipinski definition) is 1. The Labute approximate surface area is 121 Å². The lowest BCUT2D eigenvalue weighted by molar-refractivity contribution is -0.116. The summed E-state index contributed by atoms with van der Waals surface area (Å²) in [5, 5.41) is 2.64. The Morgan fingerprint density at radius 2 is 1.81 bits per heavy atom. The fourth-order valence-electron chi connectivity index (χ4n) is 2.49. The predicted molar refractivity (Wildman–Crippen MR) is 77.7 cm³/mol. The maximum Gasteiger partial charge on any atom is 0.224 e. The standard InChI is InChI=1S/C16H14F2N2O/c17-12-8-9-13-16(15(12)18)20(10-4-7-14(21)19-13)11-5-2-1-3-6-11/h1-3,5-6,8-9H,4,7,10H2,(H,19,21). The summed E-state index contributed by atoms with van der Waals surface area (Å²) in [7, 11) is 0. The van der Waals surface area contributed by atoms with Gasteiger partial charge in [0.05, 0.1) is 5.69 Å². The van der Waals surface area contributed by atoms with Gasteiger partial charge in [-0.1, -0.05) is 18.2 Å². The molecule has 0 bridgehead atoms. The zero-order chi connectivity index (χ0) is 14.8. The van der Waals surface area contributed by atoms with E-state index >= 15 is 0 Å². The molecule has 108 valence electrons. The summed E-state index contributed by atoms with van der Waals surface area (Å²) in [6.07, 6.45) is 0.915. The Morgan fingerprint density at radius 1 is 1.05 bits per heavy atom. The van der Waals surface area contributed by atoms with Crippen LogP contribution in [-0.4, -0.2) is 12.5 Å². The van der Waals surface area contributed by atoms with Crippen molar-refractivity contribution in [2.45, 2.75) is 12.8 Å². The van der Waals surface area contributed by atoms with Crippen LogP contribution < -0.4 is 10.2 Å². The van der Waals surface area contributed by atoms with Gasteiger partial charge in [0.1, 0.15) is 5.69 Å². The highest BCUT2D eigenvalue weighted by Gasteiger charge is 2.24. The Bertz CT molecular complexity index is 673. The summed E-state index contributed by atoms with van der Waals surface area (Å²) < 4.78 is 27.9. The Kier molecular flexibility index (Phi) is 3.56. The second-order valence-corrected chi connectivity index (χ2v) is 4.90. The summed E-state index contributed by atoms with van der Waals surface area (Å²) in [5.74, 6) is -2.06. The molecule has 1 aliphatic heterocycles. The zero-order valence-electron chi connectivity index (χ0n) is 11.3. The van der Waals surface area contributed by atoms with Crippen LogP contribution in [0.2, 0.25) is 0 Å². The molecule has 0 aliphatic carbocycles. The van der Waals surface area contributed by atoms with Gasteiger partial charge in [0, 0.05) is 18.7 Å². The summed E-state index contributed by atoms with van der Waals surface area (Å²) in [6.45, 7) is 0.449. The molecule has 0 unspecified atom stereocenters. The molecule has 2 aromatic carbocycles. The van der Waals surface area contributed by atoms with Crippen molar-refractivity contribution in [3.05, 3.63) is 54.1 Å². The van der Waals surface area contributed by atoms with Crippen LogP contribution in [0.15, 0.2) is 42.5 Å². The summed E-state index contributed by atoms with van der Waals surface area (Å²) in [5.41, 5.74) is 1.14. The lowest BCUT2D eigenvalue weighted by Crippen LogP contribution is -2.27. The zero-order valence-corrected chi connectivity index (χ0v) is 11.3. The second kappa shape index (κ2) is 5.52. The minimum atomic E-state index is -0.946. The van der Waals surface area contributed by atoms with Crippen molar-refractivity contribution in [1.82, 2.24) is 0 Å². The number of fused-ring (bicyclic) bond motifs is 1. The number of halogens is 2. The van der Waals surface area contributed by atoms with Gasteiger partial charge in [0.2, 0.25) is 5.91 Å². The van der Waals surface area contributed by atoms with Crippen LogP contribution in [0.4, 0.5) is 25.8 Å². The van der Waals surface area contributed by atoms with Gasteiger partial charge in [0.25, 0.3) is 0 Å². The molecular weight excluding hydrogens is 274 g/mol. The molecule has 0 fully saturated rings. The third-order valence-electron chi connectivity index (χ3n) is 3.47. The van der Waals surface area contributed by atoms with Crippen LogP contribution in [0.3, 0.4) is 0 Å². The second-order valence-electron chi connectivity index (χ2n) is 4.90. The molecule has 5 heteroatoms. The van der Waals surface area contributed by atoms with Gasteiger partial charge < -0.3 is 10.2 Å². The van der Waals surface area contributed by atoms with Gasteiger partial charge in [0.15, 0.2) is 11.6 Å². The number of hydrogen-bond acceptors (Lipinski definition) is 2. The average molecular weight is 288 g/mol. The van der Waals surface area contributed by atoms with E-state index in [2.05, 4.69) is 5.32 Å². The van der Waals surface area contributed by atoms with Crippen LogP contribution in [0.5, 0.6) is 0 Å². The molecule has 0 radical (unpaired) electrons. The summed E-state index contributed by atoms with van der Waals surface area (Å²) in [4.78, 5) is 13.4. The number of anilines is 3. The molecule has 3 nitrogen and oxygen atoms in total. The van der Waals surface area contributed by atoms with Gasteiger partial charge in [-0.05, 0) is 30.7 Å². The summed E-state index contributed by atoms with van der Waals surface area (Å²) >= 11 is 0. The average Bonchev–Trinajstić information content (AvgIpc) is 2.48. The highest BCUT2D eigenvalue weighted by atomic mass is 19.2. The molecule has 1 aliphatic rings. The van der Waals surface area contributed by atoms with Crippen LogP contribution in [0.25, 0.3) is 0 Å². The van der Waals surface area contributed by atoms with Gasteiger partial charge in [-0.25, -0.2) is 8.78 Å². The van der Waals surface area contributed by atoms with Gasteiger partial charge >= 0.3 is 0 Å². The number of benzene rings is 2. The number of carbonyl (C=O) groups excluding carboxylic acids is 1. The Morgan fingerprint density at radius 3 is 2.57 bits per heavy atom. The first-order chi connectivity index (χ1) is 10.2. The molecule has 0 aromatic heterocycles. The van der Waals surface area contributed by atoms with Crippen molar-refractivity contribution in [2.75, 3.05) is 16.8 Å². The van der Waals surface area contributed by atoms with Gasteiger partial charge in [-0.15, -0.1) is 0 Å². The number of para-hydroxylation sites is 1. The first-order valence-corrected chi connectivity index (χ1v) is 6.77. The summed E-state index contributed by atoms with van der Waals surface area (Å²) in [6, 6.07) is 11.6. The third kappa shape index (κ3) is 2.59. The van der Waals surface area contributed by atoms with E-state index in [9.17, 15) is 13.6 Å².